The third kappa shape index (κ3) is 2.85. The average Bonchev–Trinajstić information content (AvgIpc) is 2.85. The summed E-state index contributed by atoms with van der Waals surface area (Å²) in [5.41, 5.74) is 0.239. The molecule has 2 rings (SSSR count). The van der Waals surface area contributed by atoms with E-state index in [2.05, 4.69) is 5.32 Å². The van der Waals surface area contributed by atoms with Crippen LogP contribution in [-0.2, 0) is 9.47 Å². The van der Waals surface area contributed by atoms with Crippen LogP contribution < -0.4 is 14.8 Å². The summed E-state index contributed by atoms with van der Waals surface area (Å²) in [7, 11) is 2.98. The van der Waals surface area contributed by atoms with Crippen LogP contribution >= 0.6 is 0 Å². The van der Waals surface area contributed by atoms with E-state index >= 15 is 0 Å². The summed E-state index contributed by atoms with van der Waals surface area (Å²) < 4.78 is 20.3. The molecule has 0 fully saturated rings. The molecule has 0 aliphatic carbocycles. The zero-order valence-corrected chi connectivity index (χ0v) is 10.5. The van der Waals surface area contributed by atoms with Crippen molar-refractivity contribution >= 4 is 11.4 Å². The Balaban J connectivity index is 2.20. The number of hydrogen-bond acceptors (Lipinski definition) is 7. The van der Waals surface area contributed by atoms with Gasteiger partial charge in [-0.3, -0.25) is 10.1 Å². The molecule has 0 unspecified atom stereocenters. The third-order valence-corrected chi connectivity index (χ3v) is 2.67. The van der Waals surface area contributed by atoms with Crippen molar-refractivity contribution in [3.05, 3.63) is 22.2 Å². The summed E-state index contributed by atoms with van der Waals surface area (Å²) >= 11 is 0. The number of methoxy groups -OCH3 is 2. The first-order chi connectivity index (χ1) is 9.15. The SMILES string of the molecule is COC(CNc1cc2c(cc1[N+](=O)[O-])OCO2)OC. The Hall–Kier alpha value is -2.06. The highest BCUT2D eigenvalue weighted by Gasteiger charge is 2.23. The Morgan fingerprint density at radius 2 is 2.00 bits per heavy atom. The largest absolute Gasteiger partial charge is 0.454 e. The molecule has 1 aliphatic rings. The number of fused-ring (bicyclic) bond motifs is 1. The van der Waals surface area contributed by atoms with Gasteiger partial charge in [0.05, 0.1) is 17.5 Å². The van der Waals surface area contributed by atoms with Gasteiger partial charge in [-0.25, -0.2) is 0 Å². The first kappa shape index (κ1) is 13.4. The molecule has 8 heteroatoms. The maximum absolute atomic E-state index is 11.0. The smallest absolute Gasteiger partial charge is 0.296 e. The van der Waals surface area contributed by atoms with E-state index in [4.69, 9.17) is 18.9 Å². The van der Waals surface area contributed by atoms with Gasteiger partial charge in [-0.1, -0.05) is 0 Å². The fraction of sp³-hybridized carbons (Fsp3) is 0.455. The summed E-state index contributed by atoms with van der Waals surface area (Å²) in [6.45, 7) is 0.336. The van der Waals surface area contributed by atoms with Crippen molar-refractivity contribution in [1.29, 1.82) is 0 Å². The summed E-state index contributed by atoms with van der Waals surface area (Å²) in [4.78, 5) is 10.5. The number of nitro benzene ring substituents is 1. The van der Waals surface area contributed by atoms with Crippen LogP contribution in [0.3, 0.4) is 0 Å². The lowest BCUT2D eigenvalue weighted by molar-refractivity contribution is -0.384. The fourth-order valence-corrected chi connectivity index (χ4v) is 1.68. The summed E-state index contributed by atoms with van der Waals surface area (Å²) in [5, 5.41) is 13.9. The molecule has 1 aliphatic heterocycles. The van der Waals surface area contributed by atoms with E-state index in [1.165, 1.54) is 26.4 Å². The highest BCUT2D eigenvalue weighted by Crippen LogP contribution is 2.40. The van der Waals surface area contributed by atoms with Gasteiger partial charge >= 0.3 is 0 Å². The summed E-state index contributed by atoms with van der Waals surface area (Å²) in [5.74, 6) is 0.840. The van der Waals surface area contributed by atoms with Gasteiger partial charge in [0.15, 0.2) is 17.8 Å². The highest BCUT2D eigenvalue weighted by atomic mass is 16.7. The lowest BCUT2D eigenvalue weighted by atomic mass is 10.2. The van der Waals surface area contributed by atoms with Crippen molar-refractivity contribution in [3.63, 3.8) is 0 Å². The second-order valence-electron chi connectivity index (χ2n) is 3.76. The van der Waals surface area contributed by atoms with Crippen LogP contribution in [0.2, 0.25) is 0 Å². The molecule has 104 valence electrons. The molecule has 0 bridgehead atoms. The van der Waals surface area contributed by atoms with Gasteiger partial charge < -0.3 is 24.3 Å². The molecule has 0 spiro atoms. The molecule has 1 heterocycles. The molecule has 8 nitrogen and oxygen atoms in total. The number of hydrogen-bond donors (Lipinski definition) is 1. The van der Waals surface area contributed by atoms with Gasteiger partial charge in [0.1, 0.15) is 5.69 Å². The lowest BCUT2D eigenvalue weighted by Gasteiger charge is -2.15. The van der Waals surface area contributed by atoms with Gasteiger partial charge in [0, 0.05) is 20.3 Å². The number of rotatable bonds is 6. The molecule has 1 N–H and O–H groups in total. The second kappa shape index (κ2) is 5.72. The first-order valence-corrected chi connectivity index (χ1v) is 5.53. The predicted molar refractivity (Wildman–Crippen MR) is 65.5 cm³/mol. The number of anilines is 1. The van der Waals surface area contributed by atoms with E-state index in [0.29, 0.717) is 17.2 Å². The Morgan fingerprint density at radius 1 is 1.37 bits per heavy atom. The maximum Gasteiger partial charge on any atom is 0.296 e. The molecule has 0 saturated carbocycles. The predicted octanol–water partition coefficient (Wildman–Crippen LogP) is 1.35. The maximum atomic E-state index is 11.0. The van der Waals surface area contributed by atoms with Gasteiger partial charge in [-0.15, -0.1) is 0 Å². The molecule has 0 atom stereocenters. The number of nitro groups is 1. The molecule has 1 aromatic rings. The molecular weight excluding hydrogens is 256 g/mol. The Kier molecular flexibility index (Phi) is 4.03. The van der Waals surface area contributed by atoms with E-state index in [9.17, 15) is 10.1 Å². The van der Waals surface area contributed by atoms with Crippen molar-refractivity contribution in [3.8, 4) is 11.5 Å². The summed E-state index contributed by atoms with van der Waals surface area (Å²) in [6, 6.07) is 2.86. The van der Waals surface area contributed by atoms with Crippen LogP contribution in [0, 0.1) is 10.1 Å². The second-order valence-corrected chi connectivity index (χ2v) is 3.76. The molecule has 0 saturated heterocycles. The van der Waals surface area contributed by atoms with Gasteiger partial charge in [-0.2, -0.15) is 0 Å². The van der Waals surface area contributed by atoms with Crippen LogP contribution in [0.25, 0.3) is 0 Å². The van der Waals surface area contributed by atoms with E-state index in [1.807, 2.05) is 0 Å². The minimum atomic E-state index is -0.495. The standard InChI is InChI=1S/C11H14N2O6/c1-16-11(17-2)5-12-7-3-9-10(19-6-18-9)4-8(7)13(14)15/h3-4,11-12H,5-6H2,1-2H3. The Morgan fingerprint density at radius 3 is 2.58 bits per heavy atom. The molecule has 0 amide bonds. The van der Waals surface area contributed by atoms with Crippen molar-refractivity contribution in [1.82, 2.24) is 0 Å². The minimum Gasteiger partial charge on any atom is -0.454 e. The van der Waals surface area contributed by atoms with E-state index in [1.54, 1.807) is 0 Å². The zero-order chi connectivity index (χ0) is 13.8. The van der Waals surface area contributed by atoms with Gasteiger partial charge in [0.2, 0.25) is 6.79 Å². The molecular formula is C11H14N2O6. The van der Waals surface area contributed by atoms with Crippen molar-refractivity contribution in [2.75, 3.05) is 32.9 Å². The summed E-state index contributed by atoms with van der Waals surface area (Å²) in [6.07, 6.45) is -0.495. The fourth-order valence-electron chi connectivity index (χ4n) is 1.68. The van der Waals surface area contributed by atoms with Crippen LogP contribution in [0.5, 0.6) is 11.5 Å². The van der Waals surface area contributed by atoms with Crippen molar-refractivity contribution < 1.29 is 23.9 Å². The molecule has 0 radical (unpaired) electrons. The molecule has 19 heavy (non-hydrogen) atoms. The van der Waals surface area contributed by atoms with E-state index in [0.717, 1.165) is 0 Å². The number of ether oxygens (including phenoxy) is 4. The highest BCUT2D eigenvalue weighted by molar-refractivity contribution is 5.68. The van der Waals surface area contributed by atoms with Crippen LogP contribution in [-0.4, -0.2) is 38.8 Å². The topological polar surface area (TPSA) is 92.1 Å². The van der Waals surface area contributed by atoms with Crippen LogP contribution in [0.15, 0.2) is 12.1 Å². The Labute approximate surface area is 109 Å². The van der Waals surface area contributed by atoms with Gasteiger partial charge in [0.25, 0.3) is 5.69 Å². The monoisotopic (exact) mass is 270 g/mol. The first-order valence-electron chi connectivity index (χ1n) is 5.53. The number of nitrogens with zero attached hydrogens (tertiary/aromatic N) is 1. The Bertz CT molecular complexity index is 474. The lowest BCUT2D eigenvalue weighted by Crippen LogP contribution is -2.23. The molecule has 1 aromatic carbocycles. The van der Waals surface area contributed by atoms with E-state index < -0.39 is 11.2 Å². The quantitative estimate of drug-likeness (QED) is 0.474. The number of benzene rings is 1. The molecule has 0 aromatic heterocycles. The normalized spacial score (nSPS) is 12.8. The van der Waals surface area contributed by atoms with Crippen molar-refractivity contribution in [2.24, 2.45) is 0 Å². The van der Waals surface area contributed by atoms with Crippen LogP contribution in [0.4, 0.5) is 11.4 Å². The third-order valence-electron chi connectivity index (χ3n) is 2.67. The average molecular weight is 270 g/mol. The minimum absolute atomic E-state index is 0.0642. The zero-order valence-electron chi connectivity index (χ0n) is 10.5. The van der Waals surface area contributed by atoms with Crippen molar-refractivity contribution in [2.45, 2.75) is 6.29 Å². The van der Waals surface area contributed by atoms with E-state index in [-0.39, 0.29) is 19.0 Å². The number of nitrogens with one attached hydrogen (secondary N) is 1. The van der Waals surface area contributed by atoms with Crippen LogP contribution in [0.1, 0.15) is 0 Å². The van der Waals surface area contributed by atoms with Gasteiger partial charge in [-0.05, 0) is 0 Å².